The number of phenols is 1. The number of ether oxygens (including phenoxy) is 1. The number of aromatic hydroxyl groups is 1. The van der Waals surface area contributed by atoms with Crippen molar-refractivity contribution in [3.05, 3.63) is 34.9 Å². The molecule has 0 radical (unpaired) electrons. The van der Waals surface area contributed by atoms with Crippen LogP contribution in [0, 0.1) is 18.3 Å². The molecule has 0 spiro atoms. The van der Waals surface area contributed by atoms with Crippen LogP contribution in [0.2, 0.25) is 0 Å². The molecule has 0 unspecified atom stereocenters. The first-order valence-electron chi connectivity index (χ1n) is 6.72. The van der Waals surface area contributed by atoms with Crippen molar-refractivity contribution < 1.29 is 14.6 Å². The summed E-state index contributed by atoms with van der Waals surface area (Å²) in [6, 6.07) is 6.80. The number of nitriles is 1. The summed E-state index contributed by atoms with van der Waals surface area (Å²) in [5, 5.41) is 18.5. The van der Waals surface area contributed by atoms with Gasteiger partial charge in [0.2, 0.25) is 0 Å². The van der Waals surface area contributed by atoms with Crippen molar-refractivity contribution in [1.82, 2.24) is 0 Å². The highest BCUT2D eigenvalue weighted by atomic mass is 16.5. The van der Waals surface area contributed by atoms with Crippen molar-refractivity contribution >= 4 is 12.0 Å². The number of rotatable bonds is 3. The second-order valence-corrected chi connectivity index (χ2v) is 5.03. The van der Waals surface area contributed by atoms with E-state index in [0.29, 0.717) is 11.1 Å². The minimum Gasteiger partial charge on any atom is -0.508 e. The van der Waals surface area contributed by atoms with Gasteiger partial charge in [0, 0.05) is 0 Å². The molecule has 1 saturated carbocycles. The van der Waals surface area contributed by atoms with E-state index in [1.807, 2.05) is 6.07 Å². The Morgan fingerprint density at radius 3 is 2.75 bits per heavy atom. The summed E-state index contributed by atoms with van der Waals surface area (Å²) in [5.74, 6) is -0.376. The van der Waals surface area contributed by atoms with Gasteiger partial charge < -0.3 is 9.84 Å². The van der Waals surface area contributed by atoms with Gasteiger partial charge >= 0.3 is 5.97 Å². The first-order valence-corrected chi connectivity index (χ1v) is 6.72. The lowest BCUT2D eigenvalue weighted by atomic mass is 10.1. The van der Waals surface area contributed by atoms with Crippen LogP contribution < -0.4 is 0 Å². The van der Waals surface area contributed by atoms with E-state index in [-0.39, 0.29) is 17.4 Å². The minimum absolute atomic E-state index is 0.0120. The second kappa shape index (κ2) is 6.25. The van der Waals surface area contributed by atoms with E-state index in [2.05, 4.69) is 0 Å². The molecule has 20 heavy (non-hydrogen) atoms. The molecule has 1 aromatic carbocycles. The number of carbonyl (C=O) groups is 1. The zero-order chi connectivity index (χ0) is 14.5. The van der Waals surface area contributed by atoms with Crippen LogP contribution in [-0.4, -0.2) is 17.2 Å². The SMILES string of the molecule is Cc1cc(C=C(C#N)C(=O)OC2CCCC2)ccc1O. The quantitative estimate of drug-likeness (QED) is 0.521. The molecule has 1 fully saturated rings. The Hall–Kier alpha value is -2.28. The molecule has 1 aliphatic rings. The molecule has 0 saturated heterocycles. The van der Waals surface area contributed by atoms with Gasteiger partial charge in [0.15, 0.2) is 0 Å². The van der Waals surface area contributed by atoms with Crippen LogP contribution in [0.1, 0.15) is 36.8 Å². The lowest BCUT2D eigenvalue weighted by Crippen LogP contribution is -2.15. The van der Waals surface area contributed by atoms with E-state index >= 15 is 0 Å². The van der Waals surface area contributed by atoms with Crippen LogP contribution in [0.25, 0.3) is 6.08 Å². The Morgan fingerprint density at radius 1 is 1.45 bits per heavy atom. The van der Waals surface area contributed by atoms with Crippen LogP contribution in [0.4, 0.5) is 0 Å². The summed E-state index contributed by atoms with van der Waals surface area (Å²) in [6.45, 7) is 1.76. The van der Waals surface area contributed by atoms with Crippen molar-refractivity contribution in [2.45, 2.75) is 38.7 Å². The van der Waals surface area contributed by atoms with Gasteiger partial charge in [0.25, 0.3) is 0 Å². The summed E-state index contributed by atoms with van der Waals surface area (Å²) in [5.41, 5.74) is 1.38. The van der Waals surface area contributed by atoms with Gasteiger partial charge in [-0.3, -0.25) is 0 Å². The molecule has 0 amide bonds. The largest absolute Gasteiger partial charge is 0.508 e. The van der Waals surface area contributed by atoms with E-state index in [4.69, 9.17) is 10.00 Å². The molecule has 2 rings (SSSR count). The Labute approximate surface area is 118 Å². The van der Waals surface area contributed by atoms with Gasteiger partial charge in [-0.2, -0.15) is 5.26 Å². The van der Waals surface area contributed by atoms with E-state index < -0.39 is 5.97 Å². The van der Waals surface area contributed by atoms with Crippen molar-refractivity contribution in [2.75, 3.05) is 0 Å². The molecule has 0 aliphatic heterocycles. The zero-order valence-electron chi connectivity index (χ0n) is 11.4. The zero-order valence-corrected chi connectivity index (χ0v) is 11.4. The van der Waals surface area contributed by atoms with Crippen molar-refractivity contribution in [1.29, 1.82) is 5.26 Å². The van der Waals surface area contributed by atoms with E-state index in [9.17, 15) is 9.90 Å². The fraction of sp³-hybridized carbons (Fsp3) is 0.375. The monoisotopic (exact) mass is 271 g/mol. The van der Waals surface area contributed by atoms with Gasteiger partial charge in [-0.15, -0.1) is 0 Å². The number of aryl methyl sites for hydroxylation is 1. The van der Waals surface area contributed by atoms with E-state index in [0.717, 1.165) is 25.7 Å². The molecule has 1 aromatic rings. The highest BCUT2D eigenvalue weighted by molar-refractivity contribution is 5.98. The summed E-state index contributed by atoms with van der Waals surface area (Å²) < 4.78 is 5.31. The maximum Gasteiger partial charge on any atom is 0.349 e. The summed E-state index contributed by atoms with van der Waals surface area (Å²) in [4.78, 5) is 11.9. The number of esters is 1. The molecule has 1 aliphatic carbocycles. The molecule has 104 valence electrons. The predicted octanol–water partition coefficient (Wildman–Crippen LogP) is 3.09. The van der Waals surface area contributed by atoms with Crippen LogP contribution >= 0.6 is 0 Å². The molecule has 0 bridgehead atoms. The Morgan fingerprint density at radius 2 is 2.15 bits per heavy atom. The summed E-state index contributed by atoms with van der Waals surface area (Å²) >= 11 is 0. The average Bonchev–Trinajstić information content (AvgIpc) is 2.92. The predicted molar refractivity (Wildman–Crippen MR) is 74.8 cm³/mol. The topological polar surface area (TPSA) is 70.3 Å². The second-order valence-electron chi connectivity index (χ2n) is 5.03. The van der Waals surface area contributed by atoms with Gasteiger partial charge in [0.1, 0.15) is 23.5 Å². The van der Waals surface area contributed by atoms with Crippen molar-refractivity contribution in [3.8, 4) is 11.8 Å². The first-order chi connectivity index (χ1) is 9.60. The molecule has 4 heteroatoms. The highest BCUT2D eigenvalue weighted by Gasteiger charge is 2.21. The summed E-state index contributed by atoms with van der Waals surface area (Å²) in [6.07, 6.45) is 5.33. The molecule has 0 atom stereocenters. The molecule has 1 N–H and O–H groups in total. The number of nitrogens with zero attached hydrogens (tertiary/aromatic N) is 1. The van der Waals surface area contributed by atoms with Crippen molar-refractivity contribution in [2.24, 2.45) is 0 Å². The van der Waals surface area contributed by atoms with Gasteiger partial charge in [-0.1, -0.05) is 6.07 Å². The molecule has 4 nitrogen and oxygen atoms in total. The average molecular weight is 271 g/mol. The molecule has 0 heterocycles. The van der Waals surface area contributed by atoms with Crippen LogP contribution in [0.3, 0.4) is 0 Å². The fourth-order valence-corrected chi connectivity index (χ4v) is 2.29. The van der Waals surface area contributed by atoms with Gasteiger partial charge in [-0.05, 0) is 61.9 Å². The van der Waals surface area contributed by atoms with Crippen molar-refractivity contribution in [3.63, 3.8) is 0 Å². The first kappa shape index (κ1) is 14.1. The third-order valence-electron chi connectivity index (χ3n) is 3.45. The van der Waals surface area contributed by atoms with Gasteiger partial charge in [0.05, 0.1) is 0 Å². The summed E-state index contributed by atoms with van der Waals surface area (Å²) in [7, 11) is 0. The number of hydrogen-bond acceptors (Lipinski definition) is 4. The Bertz CT molecular complexity index is 578. The minimum atomic E-state index is -0.565. The Kier molecular flexibility index (Phi) is 4.41. The standard InChI is InChI=1S/C16H17NO3/c1-11-8-12(6-7-15(11)18)9-13(10-17)16(19)20-14-4-2-3-5-14/h6-9,14,18H,2-5H2,1H3. The molecular formula is C16H17NO3. The Balaban J connectivity index is 2.13. The van der Waals surface area contributed by atoms with Crippen LogP contribution in [-0.2, 0) is 9.53 Å². The number of carbonyl (C=O) groups excluding carboxylic acids is 1. The normalized spacial score (nSPS) is 15.9. The van der Waals surface area contributed by atoms with Crippen LogP contribution in [0.15, 0.2) is 23.8 Å². The smallest absolute Gasteiger partial charge is 0.349 e. The van der Waals surface area contributed by atoms with E-state index in [1.54, 1.807) is 25.1 Å². The third kappa shape index (κ3) is 3.39. The van der Waals surface area contributed by atoms with E-state index in [1.165, 1.54) is 6.08 Å². The number of benzene rings is 1. The number of phenolic OH excluding ortho intramolecular Hbond substituents is 1. The fourth-order valence-electron chi connectivity index (χ4n) is 2.29. The lowest BCUT2D eigenvalue weighted by Gasteiger charge is -2.10. The number of hydrogen-bond donors (Lipinski definition) is 1. The van der Waals surface area contributed by atoms with Gasteiger partial charge in [-0.25, -0.2) is 4.79 Å². The molecular weight excluding hydrogens is 254 g/mol. The third-order valence-corrected chi connectivity index (χ3v) is 3.45. The lowest BCUT2D eigenvalue weighted by molar-refractivity contribution is -0.143. The molecule has 0 aromatic heterocycles. The van der Waals surface area contributed by atoms with Crippen LogP contribution in [0.5, 0.6) is 5.75 Å². The maximum atomic E-state index is 11.9. The highest BCUT2D eigenvalue weighted by Crippen LogP contribution is 2.23. The maximum absolute atomic E-state index is 11.9.